The summed E-state index contributed by atoms with van der Waals surface area (Å²) in [5.41, 5.74) is 3.35. The number of hydrazone groups is 1. The van der Waals surface area contributed by atoms with Crippen molar-refractivity contribution in [2.75, 3.05) is 13.7 Å². The fourth-order valence-corrected chi connectivity index (χ4v) is 3.93. The molecule has 1 aliphatic heterocycles. The first-order chi connectivity index (χ1) is 16.7. The zero-order chi connectivity index (χ0) is 25.3. The number of aromatic nitrogens is 2. The molecule has 0 aromatic carbocycles. The Hall–Kier alpha value is -3.93. The van der Waals surface area contributed by atoms with Crippen molar-refractivity contribution in [2.24, 2.45) is 11.0 Å². The monoisotopic (exact) mass is 474 g/mol. The topological polar surface area (TPSA) is 104 Å². The van der Waals surface area contributed by atoms with Crippen molar-refractivity contribution in [3.8, 4) is 29.0 Å². The molecule has 2 aromatic heterocycles. The number of nitrogens with zero attached hydrogens (tertiary/aromatic N) is 6. The number of ether oxygens (including phenoxy) is 2. The summed E-state index contributed by atoms with van der Waals surface area (Å²) in [6.07, 6.45) is 5.74. The highest BCUT2D eigenvalue weighted by atomic mass is 16.5. The summed E-state index contributed by atoms with van der Waals surface area (Å²) in [4.78, 5) is 24.1. The second kappa shape index (κ2) is 9.37. The van der Waals surface area contributed by atoms with Crippen LogP contribution in [0.2, 0.25) is 0 Å². The van der Waals surface area contributed by atoms with Crippen molar-refractivity contribution in [1.82, 2.24) is 19.9 Å². The SMILES string of the molecule is C=NN(/C=C(\C)N1Cc2nc(-c3cnc(OC)c(OCC4CC4)c3)cc(C)c2C1=O)C(C)(C)C#N. The van der Waals surface area contributed by atoms with E-state index in [2.05, 4.69) is 22.9 Å². The smallest absolute Gasteiger partial charge is 0.260 e. The summed E-state index contributed by atoms with van der Waals surface area (Å²) >= 11 is 0. The van der Waals surface area contributed by atoms with E-state index < -0.39 is 5.54 Å². The first-order valence-electron chi connectivity index (χ1n) is 11.5. The lowest BCUT2D eigenvalue weighted by atomic mass is 10.0. The first-order valence-corrected chi connectivity index (χ1v) is 11.5. The molecule has 1 aliphatic carbocycles. The van der Waals surface area contributed by atoms with E-state index in [9.17, 15) is 10.1 Å². The van der Waals surface area contributed by atoms with Gasteiger partial charge in [0, 0.05) is 30.4 Å². The van der Waals surface area contributed by atoms with E-state index in [0.29, 0.717) is 53.3 Å². The van der Waals surface area contributed by atoms with Crippen LogP contribution in [0.15, 0.2) is 35.3 Å². The van der Waals surface area contributed by atoms with Gasteiger partial charge in [0.15, 0.2) is 5.75 Å². The third-order valence-corrected chi connectivity index (χ3v) is 6.27. The number of methoxy groups -OCH3 is 1. The van der Waals surface area contributed by atoms with E-state index in [1.165, 1.54) is 17.9 Å². The summed E-state index contributed by atoms with van der Waals surface area (Å²) in [6, 6.07) is 5.97. The van der Waals surface area contributed by atoms with E-state index in [4.69, 9.17) is 14.5 Å². The zero-order valence-electron chi connectivity index (χ0n) is 20.8. The molecular weight excluding hydrogens is 444 g/mol. The molecule has 1 fully saturated rings. The van der Waals surface area contributed by atoms with Gasteiger partial charge in [0.25, 0.3) is 11.8 Å². The van der Waals surface area contributed by atoms with Crippen molar-refractivity contribution in [3.63, 3.8) is 0 Å². The highest BCUT2D eigenvalue weighted by molar-refractivity contribution is 6.00. The summed E-state index contributed by atoms with van der Waals surface area (Å²) < 4.78 is 11.3. The Morgan fingerprint density at radius 1 is 1.43 bits per heavy atom. The molecule has 4 rings (SSSR count). The Balaban J connectivity index is 1.63. The minimum absolute atomic E-state index is 0.134. The van der Waals surface area contributed by atoms with Gasteiger partial charge < -0.3 is 14.4 Å². The molecule has 1 amide bonds. The van der Waals surface area contributed by atoms with Gasteiger partial charge >= 0.3 is 0 Å². The number of rotatable bonds is 9. The van der Waals surface area contributed by atoms with Gasteiger partial charge in [0.1, 0.15) is 5.54 Å². The summed E-state index contributed by atoms with van der Waals surface area (Å²) in [5, 5.41) is 14.8. The van der Waals surface area contributed by atoms with Crippen molar-refractivity contribution in [1.29, 1.82) is 5.26 Å². The van der Waals surface area contributed by atoms with Crippen LogP contribution in [0.3, 0.4) is 0 Å². The predicted molar refractivity (Wildman–Crippen MR) is 132 cm³/mol. The van der Waals surface area contributed by atoms with Crippen LogP contribution in [-0.4, -0.2) is 51.8 Å². The summed E-state index contributed by atoms with van der Waals surface area (Å²) in [7, 11) is 1.57. The van der Waals surface area contributed by atoms with Gasteiger partial charge in [-0.3, -0.25) is 14.8 Å². The standard InChI is InChI=1S/C26H30N6O3/c1-16-9-20(19-10-22(24(34-6)29-11-19)35-14-18-7-8-18)30-21-13-31(25(33)23(16)21)17(2)12-32(28-5)26(3,4)15-27/h9-12,18H,5,7-8,13-14H2,1-4,6H3/b17-12+. The lowest BCUT2D eigenvalue weighted by Crippen LogP contribution is -2.36. The Bertz CT molecular complexity index is 1240. The first kappa shape index (κ1) is 24.2. The van der Waals surface area contributed by atoms with E-state index in [1.54, 1.807) is 38.3 Å². The van der Waals surface area contributed by atoms with Crippen LogP contribution >= 0.6 is 0 Å². The number of carbonyl (C=O) groups is 1. The fraction of sp³-hybridized carbons (Fsp3) is 0.423. The fourth-order valence-electron chi connectivity index (χ4n) is 3.93. The molecule has 0 N–H and O–H groups in total. The molecule has 0 saturated heterocycles. The van der Waals surface area contributed by atoms with Gasteiger partial charge in [-0.15, -0.1) is 0 Å². The van der Waals surface area contributed by atoms with Crippen molar-refractivity contribution < 1.29 is 14.3 Å². The molecule has 0 atom stereocenters. The molecule has 9 nitrogen and oxygen atoms in total. The third-order valence-electron chi connectivity index (χ3n) is 6.27. The highest BCUT2D eigenvalue weighted by Crippen LogP contribution is 2.35. The largest absolute Gasteiger partial charge is 0.488 e. The lowest BCUT2D eigenvalue weighted by Gasteiger charge is -2.28. The quantitative estimate of drug-likeness (QED) is 0.394. The van der Waals surface area contributed by atoms with Crippen LogP contribution in [0, 0.1) is 24.2 Å². The van der Waals surface area contributed by atoms with Gasteiger partial charge in [-0.2, -0.15) is 10.4 Å². The maximum Gasteiger partial charge on any atom is 0.260 e. The zero-order valence-corrected chi connectivity index (χ0v) is 20.8. The van der Waals surface area contributed by atoms with Gasteiger partial charge in [-0.05, 0) is 64.2 Å². The Morgan fingerprint density at radius 3 is 2.80 bits per heavy atom. The number of fused-ring (bicyclic) bond motifs is 1. The van der Waals surface area contributed by atoms with Crippen LogP contribution in [0.4, 0.5) is 0 Å². The number of allylic oxidation sites excluding steroid dienone is 1. The minimum Gasteiger partial charge on any atom is -0.488 e. The van der Waals surface area contributed by atoms with Crippen LogP contribution in [0.1, 0.15) is 55.2 Å². The summed E-state index contributed by atoms with van der Waals surface area (Å²) in [5.74, 6) is 1.49. The van der Waals surface area contributed by atoms with E-state index in [1.807, 2.05) is 26.0 Å². The number of amides is 1. The van der Waals surface area contributed by atoms with Crippen LogP contribution in [-0.2, 0) is 6.54 Å². The molecule has 2 aliphatic rings. The number of carbonyl (C=O) groups excluding carboxylic acids is 1. The van der Waals surface area contributed by atoms with Crippen LogP contribution in [0.5, 0.6) is 11.6 Å². The van der Waals surface area contributed by atoms with Gasteiger partial charge in [-0.1, -0.05) is 0 Å². The minimum atomic E-state index is -0.902. The van der Waals surface area contributed by atoms with E-state index in [-0.39, 0.29) is 5.91 Å². The van der Waals surface area contributed by atoms with E-state index >= 15 is 0 Å². The molecule has 0 spiro atoms. The average molecular weight is 475 g/mol. The van der Waals surface area contributed by atoms with Gasteiger partial charge in [0.2, 0.25) is 0 Å². The van der Waals surface area contributed by atoms with Gasteiger partial charge in [0.05, 0.1) is 43.3 Å². The maximum atomic E-state index is 13.3. The number of nitriles is 1. The van der Waals surface area contributed by atoms with Crippen molar-refractivity contribution in [3.05, 3.63) is 47.0 Å². The molecule has 3 heterocycles. The molecule has 1 saturated carbocycles. The van der Waals surface area contributed by atoms with E-state index in [0.717, 1.165) is 11.1 Å². The molecule has 0 unspecified atom stereocenters. The number of hydrogen-bond donors (Lipinski definition) is 0. The number of pyridine rings is 2. The molecule has 35 heavy (non-hydrogen) atoms. The normalized spacial score (nSPS) is 15.5. The van der Waals surface area contributed by atoms with Gasteiger partial charge in [-0.25, -0.2) is 4.98 Å². The Morgan fingerprint density at radius 2 is 2.17 bits per heavy atom. The molecule has 2 aromatic rings. The number of aryl methyl sites for hydroxylation is 1. The van der Waals surface area contributed by atoms with Crippen molar-refractivity contribution in [2.45, 2.75) is 52.6 Å². The molecular formula is C26H30N6O3. The molecule has 0 bridgehead atoms. The molecule has 182 valence electrons. The van der Waals surface area contributed by atoms with Crippen LogP contribution < -0.4 is 9.47 Å². The molecule has 0 radical (unpaired) electrons. The second-order valence-electron chi connectivity index (χ2n) is 9.45. The lowest BCUT2D eigenvalue weighted by molar-refractivity contribution is 0.0821. The average Bonchev–Trinajstić information content (AvgIpc) is 3.61. The highest BCUT2D eigenvalue weighted by Gasteiger charge is 2.33. The van der Waals surface area contributed by atoms with Crippen LogP contribution in [0.25, 0.3) is 11.3 Å². The maximum absolute atomic E-state index is 13.3. The third kappa shape index (κ3) is 4.83. The Labute approximate surface area is 205 Å². The summed E-state index contributed by atoms with van der Waals surface area (Å²) in [6.45, 7) is 11.7. The molecule has 9 heteroatoms. The predicted octanol–water partition coefficient (Wildman–Crippen LogP) is 4.29. The second-order valence-corrected chi connectivity index (χ2v) is 9.45. The number of hydrogen-bond acceptors (Lipinski definition) is 8. The van der Waals surface area contributed by atoms with Crippen molar-refractivity contribution >= 4 is 12.6 Å². The Kier molecular flexibility index (Phi) is 6.48.